The highest BCUT2D eigenvalue weighted by atomic mass is 32.2. The van der Waals surface area contributed by atoms with Crippen LogP contribution in [0.2, 0.25) is 0 Å². The number of anilines is 1. The first kappa shape index (κ1) is 17.4. The Kier molecular flexibility index (Phi) is 5.35. The van der Waals surface area contributed by atoms with Crippen LogP contribution in [0.25, 0.3) is 0 Å². The van der Waals surface area contributed by atoms with Crippen molar-refractivity contribution >= 4 is 21.6 Å². The summed E-state index contributed by atoms with van der Waals surface area (Å²) in [5.41, 5.74) is 0.482. The summed E-state index contributed by atoms with van der Waals surface area (Å²) in [5, 5.41) is 2.72. The van der Waals surface area contributed by atoms with Gasteiger partial charge < -0.3 is 14.8 Å². The van der Waals surface area contributed by atoms with Crippen LogP contribution in [0.15, 0.2) is 18.2 Å². The molecule has 0 radical (unpaired) electrons. The van der Waals surface area contributed by atoms with Crippen molar-refractivity contribution in [1.82, 2.24) is 5.32 Å². The van der Waals surface area contributed by atoms with Crippen LogP contribution in [0.4, 0.5) is 5.69 Å². The third-order valence-electron chi connectivity index (χ3n) is 3.35. The molecule has 1 aromatic carbocycles. The minimum absolute atomic E-state index is 0.111. The molecule has 1 aromatic rings. The Morgan fingerprint density at radius 1 is 1.26 bits per heavy atom. The Hall–Kier alpha value is -1.96. The molecule has 1 amide bonds. The van der Waals surface area contributed by atoms with Crippen molar-refractivity contribution in [3.63, 3.8) is 0 Å². The van der Waals surface area contributed by atoms with Gasteiger partial charge in [-0.15, -0.1) is 0 Å². The molecule has 0 saturated carbocycles. The van der Waals surface area contributed by atoms with Crippen LogP contribution in [0.1, 0.15) is 13.8 Å². The molecule has 0 spiro atoms. The largest absolute Gasteiger partial charge is 0.486 e. The number of ether oxygens (including phenoxy) is 2. The molecule has 1 aliphatic rings. The molecule has 8 heteroatoms. The van der Waals surface area contributed by atoms with Crippen LogP contribution < -0.4 is 19.1 Å². The fourth-order valence-corrected chi connectivity index (χ4v) is 3.08. The highest BCUT2D eigenvalue weighted by Crippen LogP contribution is 2.34. The Bertz CT molecular complexity index is 672. The van der Waals surface area contributed by atoms with Crippen molar-refractivity contribution in [3.8, 4) is 11.5 Å². The van der Waals surface area contributed by atoms with Crippen molar-refractivity contribution in [3.05, 3.63) is 18.2 Å². The van der Waals surface area contributed by atoms with Gasteiger partial charge in [-0.05, 0) is 12.1 Å². The standard InChI is InChI=1S/C15H22N2O5S/c1-11(2)15(18)16-6-7-17(23(3,19)20)12-4-5-13-14(10-12)22-9-8-21-13/h4-5,10-11H,6-9H2,1-3H3,(H,16,18). The van der Waals surface area contributed by atoms with Gasteiger partial charge in [0.1, 0.15) is 13.2 Å². The Balaban J connectivity index is 2.14. The fourth-order valence-electron chi connectivity index (χ4n) is 2.16. The van der Waals surface area contributed by atoms with Gasteiger partial charge in [0.25, 0.3) is 0 Å². The van der Waals surface area contributed by atoms with Crippen molar-refractivity contribution in [2.45, 2.75) is 13.8 Å². The van der Waals surface area contributed by atoms with E-state index in [1.807, 2.05) is 0 Å². The quantitative estimate of drug-likeness (QED) is 0.833. The number of rotatable bonds is 6. The van der Waals surface area contributed by atoms with E-state index in [4.69, 9.17) is 9.47 Å². The van der Waals surface area contributed by atoms with E-state index in [1.165, 1.54) is 4.31 Å². The summed E-state index contributed by atoms with van der Waals surface area (Å²) >= 11 is 0. The smallest absolute Gasteiger partial charge is 0.232 e. The Morgan fingerprint density at radius 3 is 2.52 bits per heavy atom. The van der Waals surface area contributed by atoms with Crippen molar-refractivity contribution < 1.29 is 22.7 Å². The number of amides is 1. The lowest BCUT2D eigenvalue weighted by atomic mass is 10.2. The number of nitrogens with one attached hydrogen (secondary N) is 1. The van der Waals surface area contributed by atoms with Gasteiger partial charge in [0.2, 0.25) is 15.9 Å². The molecule has 0 fully saturated rings. The molecule has 1 aliphatic heterocycles. The summed E-state index contributed by atoms with van der Waals surface area (Å²) < 4.78 is 36.3. The lowest BCUT2D eigenvalue weighted by molar-refractivity contribution is -0.123. The van der Waals surface area contributed by atoms with Crippen LogP contribution in [-0.2, 0) is 14.8 Å². The molecule has 0 aliphatic carbocycles. The highest BCUT2D eigenvalue weighted by Gasteiger charge is 2.21. The maximum absolute atomic E-state index is 12.1. The number of hydrogen-bond acceptors (Lipinski definition) is 5. The molecule has 0 aromatic heterocycles. The van der Waals surface area contributed by atoms with Gasteiger partial charge in [0.05, 0.1) is 18.5 Å². The summed E-state index contributed by atoms with van der Waals surface area (Å²) in [6, 6.07) is 4.99. The molecule has 128 valence electrons. The maximum Gasteiger partial charge on any atom is 0.232 e. The lowest BCUT2D eigenvalue weighted by Crippen LogP contribution is -2.39. The molecule has 0 saturated heterocycles. The van der Waals surface area contributed by atoms with E-state index in [-0.39, 0.29) is 24.9 Å². The van der Waals surface area contributed by atoms with E-state index in [1.54, 1.807) is 32.0 Å². The second-order valence-corrected chi connectivity index (χ2v) is 7.52. The topological polar surface area (TPSA) is 84.9 Å². The first-order valence-electron chi connectivity index (χ1n) is 7.44. The van der Waals surface area contributed by atoms with Gasteiger partial charge in [-0.3, -0.25) is 9.10 Å². The highest BCUT2D eigenvalue weighted by molar-refractivity contribution is 7.92. The average Bonchev–Trinajstić information content (AvgIpc) is 2.49. The number of fused-ring (bicyclic) bond motifs is 1. The molecule has 23 heavy (non-hydrogen) atoms. The molecule has 1 N–H and O–H groups in total. The van der Waals surface area contributed by atoms with E-state index < -0.39 is 10.0 Å². The summed E-state index contributed by atoms with van der Waals surface area (Å²) in [6.07, 6.45) is 1.13. The minimum atomic E-state index is -3.48. The molecule has 0 bridgehead atoms. The van der Waals surface area contributed by atoms with Crippen molar-refractivity contribution in [1.29, 1.82) is 0 Å². The van der Waals surface area contributed by atoms with Crippen LogP contribution in [0, 0.1) is 5.92 Å². The number of nitrogens with zero attached hydrogens (tertiary/aromatic N) is 1. The van der Waals surface area contributed by atoms with Gasteiger partial charge in [0, 0.05) is 18.5 Å². The van der Waals surface area contributed by atoms with Crippen LogP contribution in [0.3, 0.4) is 0 Å². The number of hydrogen-bond donors (Lipinski definition) is 1. The number of benzene rings is 1. The first-order valence-corrected chi connectivity index (χ1v) is 9.29. The molecule has 0 unspecified atom stereocenters. The van der Waals surface area contributed by atoms with E-state index >= 15 is 0 Å². The minimum Gasteiger partial charge on any atom is -0.486 e. The monoisotopic (exact) mass is 342 g/mol. The molecular formula is C15H22N2O5S. The molecule has 7 nitrogen and oxygen atoms in total. The van der Waals surface area contributed by atoms with Crippen LogP contribution >= 0.6 is 0 Å². The van der Waals surface area contributed by atoms with Crippen molar-refractivity contribution in [2.24, 2.45) is 5.92 Å². The van der Waals surface area contributed by atoms with Crippen molar-refractivity contribution in [2.75, 3.05) is 36.9 Å². The fraction of sp³-hybridized carbons (Fsp3) is 0.533. The van der Waals surface area contributed by atoms with Gasteiger partial charge in [-0.1, -0.05) is 13.8 Å². The zero-order valence-electron chi connectivity index (χ0n) is 13.5. The SMILES string of the molecule is CC(C)C(=O)NCCN(c1ccc2c(c1)OCCO2)S(C)(=O)=O. The summed E-state index contributed by atoms with van der Waals surface area (Å²) in [7, 11) is -3.48. The number of carbonyl (C=O) groups is 1. The van der Waals surface area contributed by atoms with E-state index in [0.29, 0.717) is 30.4 Å². The normalized spacial score (nSPS) is 13.7. The van der Waals surface area contributed by atoms with Gasteiger partial charge in [-0.2, -0.15) is 0 Å². The maximum atomic E-state index is 12.1. The Morgan fingerprint density at radius 2 is 1.91 bits per heavy atom. The molecule has 2 rings (SSSR count). The van der Waals surface area contributed by atoms with E-state index in [2.05, 4.69) is 5.32 Å². The molecular weight excluding hydrogens is 320 g/mol. The zero-order chi connectivity index (χ0) is 17.0. The van der Waals surface area contributed by atoms with Gasteiger partial charge >= 0.3 is 0 Å². The summed E-state index contributed by atoms with van der Waals surface area (Å²) in [4.78, 5) is 11.6. The molecule has 1 heterocycles. The first-order chi connectivity index (χ1) is 10.8. The summed E-state index contributed by atoms with van der Waals surface area (Å²) in [5.74, 6) is 0.867. The number of sulfonamides is 1. The van der Waals surface area contributed by atoms with Gasteiger partial charge in [0.15, 0.2) is 11.5 Å². The van der Waals surface area contributed by atoms with Crippen LogP contribution in [-0.4, -0.2) is 46.9 Å². The van der Waals surface area contributed by atoms with E-state index in [9.17, 15) is 13.2 Å². The van der Waals surface area contributed by atoms with Crippen LogP contribution in [0.5, 0.6) is 11.5 Å². The summed E-state index contributed by atoms with van der Waals surface area (Å²) in [6.45, 7) is 4.85. The predicted molar refractivity (Wildman–Crippen MR) is 87.5 cm³/mol. The predicted octanol–water partition coefficient (Wildman–Crippen LogP) is 0.996. The second-order valence-electron chi connectivity index (χ2n) is 5.61. The average molecular weight is 342 g/mol. The third-order valence-corrected chi connectivity index (χ3v) is 4.55. The Labute approximate surface area is 136 Å². The zero-order valence-corrected chi connectivity index (χ0v) is 14.4. The second kappa shape index (κ2) is 7.08. The van der Waals surface area contributed by atoms with E-state index in [0.717, 1.165) is 6.26 Å². The molecule has 0 atom stereocenters. The van der Waals surface area contributed by atoms with Gasteiger partial charge in [-0.25, -0.2) is 8.42 Å². The lowest BCUT2D eigenvalue weighted by Gasteiger charge is -2.25. The number of carbonyl (C=O) groups excluding carboxylic acids is 1. The third kappa shape index (κ3) is 4.51.